The van der Waals surface area contributed by atoms with Crippen LogP contribution in [0.1, 0.15) is 11.1 Å². The minimum atomic E-state index is 0.259. The molecule has 0 aliphatic carbocycles. The Morgan fingerprint density at radius 2 is 0.617 bits per heavy atom. The summed E-state index contributed by atoms with van der Waals surface area (Å²) in [7, 11) is 9.89. The summed E-state index contributed by atoms with van der Waals surface area (Å²) in [6, 6.07) is 61.9. The lowest BCUT2D eigenvalue weighted by molar-refractivity contribution is 0.415. The first kappa shape index (κ1) is 47.2. The fraction of sp³-hybridized carbons (Fsp3) is 0.0882. The number of rotatable bonds is 10. The van der Waals surface area contributed by atoms with Crippen molar-refractivity contribution in [3.8, 4) is 69.4 Å². The first-order valence-corrected chi connectivity index (χ1v) is 26.2. The normalized spacial score (nSPS) is 11.8. The van der Waals surface area contributed by atoms with Crippen LogP contribution < -0.4 is 28.4 Å². The van der Waals surface area contributed by atoms with Gasteiger partial charge in [-0.25, -0.2) is 0 Å². The van der Waals surface area contributed by atoms with Gasteiger partial charge in [0.2, 0.25) is 0 Å². The van der Waals surface area contributed by atoms with Gasteiger partial charge in [0.25, 0.3) is 0 Å². The second-order valence-corrected chi connectivity index (χ2v) is 20.0. The van der Waals surface area contributed by atoms with Gasteiger partial charge in [-0.15, -0.1) is 0 Å². The van der Waals surface area contributed by atoms with Crippen molar-refractivity contribution in [2.24, 2.45) is 0 Å². The van der Waals surface area contributed by atoms with Gasteiger partial charge < -0.3 is 51.1 Å². The zero-order valence-corrected chi connectivity index (χ0v) is 44.7. The molecule has 0 saturated heterocycles. The SMILES string of the molecule is COc1ccc2c(c1)c1cc(OC)ccc1n2-c1c(C#N)c(-n2c3ccc(OC)cc3c3cc(OC)ccc32)c(-n2c3ccccc3c3ccc4c5ccccc5oc4c32)c(C#N)c1-n1c2ccc(OC)cc2c2cc(OC)ccc21. The third kappa shape index (κ3) is 6.51. The molecule has 0 amide bonds. The Balaban J connectivity index is 1.28. The number of methoxy groups -OCH3 is 6. The maximum Gasteiger partial charge on any atom is 0.160 e. The van der Waals surface area contributed by atoms with E-state index in [1.165, 1.54) is 0 Å². The molecule has 390 valence electrons. The van der Waals surface area contributed by atoms with Crippen molar-refractivity contribution in [2.45, 2.75) is 0 Å². The topological polar surface area (TPSA) is 136 Å². The zero-order valence-electron chi connectivity index (χ0n) is 44.7. The molecule has 10 aromatic carbocycles. The second kappa shape index (κ2) is 17.8. The van der Waals surface area contributed by atoms with E-state index in [2.05, 4.69) is 60.7 Å². The highest BCUT2D eigenvalue weighted by molar-refractivity contribution is 6.23. The molecule has 0 aliphatic rings. The number of hydrogen-bond acceptors (Lipinski definition) is 9. The zero-order chi connectivity index (χ0) is 54.9. The summed E-state index contributed by atoms with van der Waals surface area (Å²) in [6.07, 6.45) is 0. The van der Waals surface area contributed by atoms with E-state index in [4.69, 9.17) is 32.8 Å². The number of nitrogens with zero attached hydrogens (tertiary/aromatic N) is 6. The highest BCUT2D eigenvalue weighted by Gasteiger charge is 2.36. The third-order valence-corrected chi connectivity index (χ3v) is 16.2. The van der Waals surface area contributed by atoms with Crippen molar-refractivity contribution >= 4 is 109 Å². The highest BCUT2D eigenvalue weighted by atomic mass is 16.5. The van der Waals surface area contributed by atoms with Crippen molar-refractivity contribution in [1.82, 2.24) is 18.3 Å². The smallest absolute Gasteiger partial charge is 0.160 e. The Morgan fingerprint density at radius 1 is 0.309 bits per heavy atom. The molecule has 0 aliphatic heterocycles. The third-order valence-electron chi connectivity index (χ3n) is 16.2. The Labute approximate surface area is 461 Å². The van der Waals surface area contributed by atoms with Gasteiger partial charge in [-0.2, -0.15) is 10.5 Å². The standard InChI is InChI=1S/C68H46N6O7/c1-75-37-15-23-56-47(29-37)48-30-38(76-2)16-24-57(48)71(56)63-53(35-69)65(73-60-27-19-41(79-5)33-51(60)52-34-42(80-6)20-28-61(52)73)66(54(36-70)64(63)72-58-25-17-39(77-3)31-49(58)50-32-40(78-4)18-26-59(50)72)74-55-13-9-7-11-43(55)45-21-22-46-44-12-8-10-14-62(44)81-68(46)67(45)74/h7-34H,1-6H3. The summed E-state index contributed by atoms with van der Waals surface area (Å²) in [4.78, 5) is 0. The molecule has 0 bridgehead atoms. The van der Waals surface area contributed by atoms with Crippen LogP contribution in [0.2, 0.25) is 0 Å². The monoisotopic (exact) mass is 1060 g/mol. The molecule has 0 fully saturated rings. The quantitative estimate of drug-likeness (QED) is 0.131. The van der Waals surface area contributed by atoms with Crippen molar-refractivity contribution in [1.29, 1.82) is 10.5 Å². The van der Waals surface area contributed by atoms with Gasteiger partial charge >= 0.3 is 0 Å². The van der Waals surface area contributed by atoms with Crippen LogP contribution in [0, 0.1) is 22.7 Å². The number of para-hydroxylation sites is 2. The fourth-order valence-electron chi connectivity index (χ4n) is 12.7. The number of aromatic nitrogens is 4. The Bertz CT molecular complexity index is 5130. The van der Waals surface area contributed by atoms with E-state index in [0.29, 0.717) is 68.4 Å². The molecule has 81 heavy (non-hydrogen) atoms. The van der Waals surface area contributed by atoms with E-state index in [1.807, 2.05) is 140 Å². The van der Waals surface area contributed by atoms with Crippen LogP contribution >= 0.6 is 0 Å². The van der Waals surface area contributed by atoms with Gasteiger partial charge in [-0.1, -0.05) is 42.5 Å². The van der Waals surface area contributed by atoms with Crippen LogP contribution in [0.4, 0.5) is 0 Å². The molecule has 15 aromatic rings. The molecule has 0 N–H and O–H groups in total. The summed E-state index contributed by atoms with van der Waals surface area (Å²) in [5.41, 5.74) is 9.66. The van der Waals surface area contributed by atoms with Gasteiger partial charge in [-0.05, 0) is 127 Å². The van der Waals surface area contributed by atoms with Gasteiger partial charge in [-0.3, -0.25) is 0 Å². The van der Waals surface area contributed by atoms with Gasteiger partial charge in [0.05, 0.1) is 110 Å². The molecule has 15 rings (SSSR count). The predicted molar refractivity (Wildman–Crippen MR) is 320 cm³/mol. The number of furan rings is 1. The molecular weight excluding hydrogens is 1010 g/mol. The molecule has 5 heterocycles. The second-order valence-electron chi connectivity index (χ2n) is 20.0. The first-order chi connectivity index (χ1) is 39.8. The Kier molecular flexibility index (Phi) is 10.4. The minimum absolute atomic E-state index is 0.259. The Hall–Kier alpha value is -11.0. The van der Waals surface area contributed by atoms with E-state index in [1.54, 1.807) is 42.7 Å². The largest absolute Gasteiger partial charge is 0.497 e. The van der Waals surface area contributed by atoms with Crippen molar-refractivity contribution in [3.63, 3.8) is 0 Å². The van der Waals surface area contributed by atoms with Crippen molar-refractivity contribution in [2.75, 3.05) is 42.7 Å². The number of nitriles is 2. The van der Waals surface area contributed by atoms with E-state index < -0.39 is 0 Å². The molecule has 0 spiro atoms. The number of hydrogen-bond donors (Lipinski definition) is 0. The van der Waals surface area contributed by atoms with Gasteiger partial charge in [0.1, 0.15) is 63.3 Å². The van der Waals surface area contributed by atoms with Crippen LogP contribution in [0.3, 0.4) is 0 Å². The predicted octanol–water partition coefficient (Wildman–Crippen LogP) is 15.8. The maximum absolute atomic E-state index is 12.9. The molecule has 0 atom stereocenters. The lowest BCUT2D eigenvalue weighted by Gasteiger charge is -2.27. The van der Waals surface area contributed by atoms with Crippen LogP contribution in [0.25, 0.3) is 132 Å². The number of benzene rings is 10. The molecular formula is C68H46N6O7. The molecule has 13 nitrogen and oxygen atoms in total. The van der Waals surface area contributed by atoms with Crippen molar-refractivity contribution < 1.29 is 32.8 Å². The number of fused-ring (bicyclic) bond motifs is 16. The lowest BCUT2D eigenvalue weighted by Crippen LogP contribution is -2.16. The van der Waals surface area contributed by atoms with Crippen molar-refractivity contribution in [3.05, 3.63) is 181 Å². The van der Waals surface area contributed by atoms with Crippen LogP contribution in [-0.2, 0) is 0 Å². The number of ether oxygens (including phenoxy) is 6. The minimum Gasteiger partial charge on any atom is -0.497 e. The summed E-state index contributed by atoms with van der Waals surface area (Å²) in [6.45, 7) is 0. The average Bonchev–Trinajstić information content (AvgIpc) is 4.51. The van der Waals surface area contributed by atoms with Crippen LogP contribution in [-0.4, -0.2) is 60.9 Å². The van der Waals surface area contributed by atoms with Gasteiger partial charge in [0.15, 0.2) is 5.58 Å². The molecule has 0 radical (unpaired) electrons. The maximum atomic E-state index is 12.9. The van der Waals surface area contributed by atoms with E-state index in [-0.39, 0.29) is 11.1 Å². The molecule has 0 saturated carbocycles. The first-order valence-electron chi connectivity index (χ1n) is 26.2. The van der Waals surface area contributed by atoms with E-state index in [0.717, 1.165) is 98.0 Å². The fourth-order valence-corrected chi connectivity index (χ4v) is 12.7. The average molecular weight is 1060 g/mol. The highest BCUT2D eigenvalue weighted by Crippen LogP contribution is 2.51. The van der Waals surface area contributed by atoms with E-state index in [9.17, 15) is 10.5 Å². The Morgan fingerprint density at radius 3 is 0.975 bits per heavy atom. The summed E-state index contributed by atoms with van der Waals surface area (Å²) in [5, 5.41) is 34.5. The molecule has 13 heteroatoms. The summed E-state index contributed by atoms with van der Waals surface area (Å²) >= 11 is 0. The summed E-state index contributed by atoms with van der Waals surface area (Å²) in [5.74, 6) is 3.86. The summed E-state index contributed by atoms with van der Waals surface area (Å²) < 4.78 is 51.1. The van der Waals surface area contributed by atoms with Crippen LogP contribution in [0.15, 0.2) is 174 Å². The van der Waals surface area contributed by atoms with E-state index >= 15 is 0 Å². The van der Waals surface area contributed by atoms with Gasteiger partial charge in [0, 0.05) is 53.9 Å². The molecule has 5 aromatic heterocycles. The van der Waals surface area contributed by atoms with Crippen LogP contribution in [0.5, 0.6) is 34.5 Å². The lowest BCUT2D eigenvalue weighted by atomic mass is 9.98. The molecule has 0 unspecified atom stereocenters.